The third-order valence-corrected chi connectivity index (χ3v) is 8.52. The van der Waals surface area contributed by atoms with Crippen molar-refractivity contribution in [2.45, 2.75) is 77.7 Å². The Balaban J connectivity index is 1.27. The molecule has 0 radical (unpaired) electrons. The van der Waals surface area contributed by atoms with E-state index in [2.05, 4.69) is 0 Å². The summed E-state index contributed by atoms with van der Waals surface area (Å²) in [6.07, 6.45) is 9.94. The summed E-state index contributed by atoms with van der Waals surface area (Å²) < 4.78 is 5.61. The average molecular weight is 453 g/mol. The molecule has 1 heterocycles. The maximum Gasteiger partial charge on any atom is 0.257 e. The molecule has 1 atom stereocenters. The van der Waals surface area contributed by atoms with E-state index < -0.39 is 6.04 Å². The van der Waals surface area contributed by atoms with E-state index in [9.17, 15) is 14.4 Å². The van der Waals surface area contributed by atoms with Crippen LogP contribution in [0.2, 0.25) is 0 Å². The molecule has 0 aromatic heterocycles. The molecule has 6 rings (SSSR count). The van der Waals surface area contributed by atoms with Crippen molar-refractivity contribution in [2.75, 3.05) is 18.1 Å². The lowest BCUT2D eigenvalue weighted by molar-refractivity contribution is -0.138. The van der Waals surface area contributed by atoms with Crippen LogP contribution in [0.1, 0.15) is 71.6 Å². The fourth-order valence-corrected chi connectivity index (χ4v) is 7.53. The summed E-state index contributed by atoms with van der Waals surface area (Å²) in [5, 5.41) is 0. The molecule has 1 aliphatic heterocycles. The van der Waals surface area contributed by atoms with E-state index in [1.165, 1.54) is 50.3 Å². The number of hydrogen-bond acceptors (Lipinski definition) is 4. The number of anilines is 1. The van der Waals surface area contributed by atoms with E-state index >= 15 is 0 Å². The summed E-state index contributed by atoms with van der Waals surface area (Å²) in [5.74, 6) is 2.65. The SMILES string of the molecule is CCCOc1ccc(N2C(=O)CC(N(CCC34CC5CC(CC(C5)C3)C4)C(C)=O)C2=O)cc1. The molecular formula is C27H36N2O4. The number of amides is 3. The highest BCUT2D eigenvalue weighted by Crippen LogP contribution is 2.61. The number of carbonyl (C=O) groups is 3. The third kappa shape index (κ3) is 4.29. The number of rotatable bonds is 8. The molecule has 0 N–H and O–H groups in total. The van der Waals surface area contributed by atoms with Gasteiger partial charge in [0.2, 0.25) is 11.8 Å². The van der Waals surface area contributed by atoms with Gasteiger partial charge >= 0.3 is 0 Å². The summed E-state index contributed by atoms with van der Waals surface area (Å²) in [6, 6.07) is 6.37. The van der Waals surface area contributed by atoms with E-state index in [4.69, 9.17) is 4.74 Å². The second kappa shape index (κ2) is 8.77. The highest BCUT2D eigenvalue weighted by Gasteiger charge is 2.51. The van der Waals surface area contributed by atoms with Gasteiger partial charge in [-0.25, -0.2) is 4.90 Å². The zero-order valence-corrected chi connectivity index (χ0v) is 19.9. The molecule has 1 saturated heterocycles. The lowest BCUT2D eigenvalue weighted by atomic mass is 9.49. The van der Waals surface area contributed by atoms with E-state index in [-0.39, 0.29) is 24.1 Å². The minimum Gasteiger partial charge on any atom is -0.494 e. The van der Waals surface area contributed by atoms with Gasteiger partial charge in [-0.15, -0.1) is 0 Å². The van der Waals surface area contributed by atoms with Crippen LogP contribution in [-0.2, 0) is 14.4 Å². The lowest BCUT2D eigenvalue weighted by Gasteiger charge is -2.57. The number of imide groups is 1. The van der Waals surface area contributed by atoms with Gasteiger partial charge in [-0.3, -0.25) is 14.4 Å². The number of benzene rings is 1. The Kier molecular flexibility index (Phi) is 5.96. The highest BCUT2D eigenvalue weighted by molar-refractivity contribution is 6.23. The van der Waals surface area contributed by atoms with Crippen LogP contribution in [0.5, 0.6) is 5.75 Å². The molecule has 33 heavy (non-hydrogen) atoms. The maximum absolute atomic E-state index is 13.3. The first-order chi connectivity index (χ1) is 15.9. The molecule has 3 amide bonds. The van der Waals surface area contributed by atoms with Gasteiger partial charge in [0.1, 0.15) is 11.8 Å². The van der Waals surface area contributed by atoms with Crippen LogP contribution in [0.4, 0.5) is 5.69 Å². The molecule has 6 nitrogen and oxygen atoms in total. The van der Waals surface area contributed by atoms with Crippen LogP contribution in [0, 0.1) is 23.2 Å². The van der Waals surface area contributed by atoms with E-state index in [1.807, 2.05) is 6.92 Å². The number of nitrogens with zero attached hydrogens (tertiary/aromatic N) is 2. The number of ether oxygens (including phenoxy) is 1. The zero-order chi connectivity index (χ0) is 23.2. The molecule has 5 aliphatic rings. The summed E-state index contributed by atoms with van der Waals surface area (Å²) in [4.78, 5) is 41.7. The molecule has 1 unspecified atom stereocenters. The van der Waals surface area contributed by atoms with Gasteiger partial charge in [-0.1, -0.05) is 6.92 Å². The van der Waals surface area contributed by atoms with Crippen molar-refractivity contribution in [1.29, 1.82) is 0 Å². The number of carbonyl (C=O) groups excluding carboxylic acids is 3. The molecule has 1 aromatic carbocycles. The molecule has 178 valence electrons. The fraction of sp³-hybridized carbons (Fsp3) is 0.667. The average Bonchev–Trinajstić information content (AvgIpc) is 3.05. The van der Waals surface area contributed by atoms with Crippen LogP contribution < -0.4 is 9.64 Å². The second-order valence-corrected chi connectivity index (χ2v) is 11.0. The minimum absolute atomic E-state index is 0.0629. The Morgan fingerprint density at radius 2 is 1.67 bits per heavy atom. The van der Waals surface area contributed by atoms with Crippen molar-refractivity contribution < 1.29 is 19.1 Å². The summed E-state index contributed by atoms with van der Waals surface area (Å²) in [7, 11) is 0. The van der Waals surface area contributed by atoms with E-state index in [0.717, 1.165) is 36.3 Å². The minimum atomic E-state index is -0.695. The first kappa shape index (κ1) is 22.4. The van der Waals surface area contributed by atoms with Crippen LogP contribution in [-0.4, -0.2) is 41.8 Å². The van der Waals surface area contributed by atoms with Crippen molar-refractivity contribution in [1.82, 2.24) is 4.90 Å². The maximum atomic E-state index is 13.3. The lowest BCUT2D eigenvalue weighted by Crippen LogP contribution is -2.50. The molecular weight excluding hydrogens is 416 g/mol. The van der Waals surface area contributed by atoms with Gasteiger partial charge in [0.05, 0.1) is 18.7 Å². The van der Waals surface area contributed by atoms with Gasteiger partial charge in [0.15, 0.2) is 0 Å². The molecule has 4 aliphatic carbocycles. The standard InChI is InChI=1S/C27H36N2O4/c1-3-10-33-23-6-4-22(5-7-23)29-25(31)14-24(26(29)32)28(18(2)30)9-8-27-15-19-11-20(16-27)13-21(12-19)17-27/h4-7,19-21,24H,3,8-17H2,1-2H3. The Labute approximate surface area is 196 Å². The van der Waals surface area contributed by atoms with Crippen molar-refractivity contribution in [3.05, 3.63) is 24.3 Å². The van der Waals surface area contributed by atoms with Gasteiger partial charge < -0.3 is 9.64 Å². The van der Waals surface area contributed by atoms with Crippen molar-refractivity contribution >= 4 is 23.4 Å². The Bertz CT molecular complexity index is 889. The summed E-state index contributed by atoms with van der Waals surface area (Å²) >= 11 is 0. The molecule has 5 fully saturated rings. The van der Waals surface area contributed by atoms with Crippen LogP contribution in [0.15, 0.2) is 24.3 Å². The molecule has 6 heteroatoms. The normalized spacial score (nSPS) is 32.5. The van der Waals surface area contributed by atoms with Gasteiger partial charge in [-0.05, 0) is 98.8 Å². The molecule has 4 saturated carbocycles. The topological polar surface area (TPSA) is 66.9 Å². The van der Waals surface area contributed by atoms with E-state index in [0.29, 0.717) is 24.3 Å². The molecule has 1 aromatic rings. The first-order valence-electron chi connectivity index (χ1n) is 12.7. The monoisotopic (exact) mass is 452 g/mol. The molecule has 0 spiro atoms. The number of hydrogen-bond donors (Lipinski definition) is 0. The van der Waals surface area contributed by atoms with Crippen molar-refractivity contribution in [2.24, 2.45) is 23.2 Å². The smallest absolute Gasteiger partial charge is 0.257 e. The molecule has 4 bridgehead atoms. The van der Waals surface area contributed by atoms with Crippen molar-refractivity contribution in [3.63, 3.8) is 0 Å². The Morgan fingerprint density at radius 1 is 1.06 bits per heavy atom. The predicted molar refractivity (Wildman–Crippen MR) is 126 cm³/mol. The van der Waals surface area contributed by atoms with Crippen LogP contribution in [0.3, 0.4) is 0 Å². The largest absolute Gasteiger partial charge is 0.494 e. The third-order valence-electron chi connectivity index (χ3n) is 8.52. The second-order valence-electron chi connectivity index (χ2n) is 11.0. The van der Waals surface area contributed by atoms with E-state index in [1.54, 1.807) is 29.2 Å². The predicted octanol–water partition coefficient (Wildman–Crippen LogP) is 4.56. The van der Waals surface area contributed by atoms with Crippen LogP contribution in [0.25, 0.3) is 0 Å². The van der Waals surface area contributed by atoms with Crippen LogP contribution >= 0.6 is 0 Å². The Morgan fingerprint density at radius 3 is 2.21 bits per heavy atom. The van der Waals surface area contributed by atoms with Gasteiger partial charge in [0.25, 0.3) is 5.91 Å². The summed E-state index contributed by atoms with van der Waals surface area (Å²) in [6.45, 7) is 4.77. The van der Waals surface area contributed by atoms with Gasteiger partial charge in [0, 0.05) is 13.5 Å². The quantitative estimate of drug-likeness (QED) is 0.542. The zero-order valence-electron chi connectivity index (χ0n) is 19.9. The fourth-order valence-electron chi connectivity index (χ4n) is 7.53. The summed E-state index contributed by atoms with van der Waals surface area (Å²) in [5.41, 5.74) is 0.878. The Hall–Kier alpha value is -2.37. The van der Waals surface area contributed by atoms with Gasteiger partial charge in [-0.2, -0.15) is 0 Å². The first-order valence-corrected chi connectivity index (χ1v) is 12.7. The van der Waals surface area contributed by atoms with Crippen molar-refractivity contribution in [3.8, 4) is 5.75 Å². The highest BCUT2D eigenvalue weighted by atomic mass is 16.5.